The van der Waals surface area contributed by atoms with E-state index in [9.17, 15) is 0 Å². The number of aryl methyl sites for hydroxylation is 2. The average molecular weight is 283 g/mol. The van der Waals surface area contributed by atoms with E-state index in [0.717, 1.165) is 43.6 Å². The van der Waals surface area contributed by atoms with Crippen LogP contribution in [0.2, 0.25) is 0 Å². The van der Waals surface area contributed by atoms with Gasteiger partial charge in [-0.2, -0.15) is 0 Å². The molecule has 0 bridgehead atoms. The average Bonchev–Trinajstić information content (AvgIpc) is 2.90. The van der Waals surface area contributed by atoms with Gasteiger partial charge in [-0.25, -0.2) is 4.98 Å². The summed E-state index contributed by atoms with van der Waals surface area (Å²) in [5.41, 5.74) is 10.8. The first-order valence-corrected chi connectivity index (χ1v) is 8.08. The molecule has 1 aliphatic rings. The van der Waals surface area contributed by atoms with Gasteiger partial charge >= 0.3 is 0 Å². The topological polar surface area (TPSA) is 54.7 Å². The van der Waals surface area contributed by atoms with E-state index in [-0.39, 0.29) is 0 Å². The normalized spacial score (nSPS) is 22.4. The lowest BCUT2D eigenvalue weighted by Crippen LogP contribution is -2.26. The molecule has 3 heteroatoms. The summed E-state index contributed by atoms with van der Waals surface area (Å²) < 4.78 is 0. The molecule has 3 nitrogen and oxygen atoms in total. The number of nitrogens with one attached hydrogen (secondary N) is 1. The Hall–Kier alpha value is -1.61. The molecule has 1 aliphatic carbocycles. The van der Waals surface area contributed by atoms with Gasteiger partial charge in [0.05, 0.1) is 5.69 Å². The van der Waals surface area contributed by atoms with Crippen molar-refractivity contribution in [2.24, 2.45) is 5.73 Å². The third kappa shape index (κ3) is 3.03. The summed E-state index contributed by atoms with van der Waals surface area (Å²) in [6, 6.07) is 9.15. The van der Waals surface area contributed by atoms with Gasteiger partial charge in [0.25, 0.3) is 0 Å². The van der Waals surface area contributed by atoms with Gasteiger partial charge < -0.3 is 10.7 Å². The van der Waals surface area contributed by atoms with Crippen molar-refractivity contribution in [1.82, 2.24) is 9.97 Å². The number of hydrogen-bond acceptors (Lipinski definition) is 2. The van der Waals surface area contributed by atoms with Crippen molar-refractivity contribution in [3.8, 4) is 11.3 Å². The highest BCUT2D eigenvalue weighted by atomic mass is 14.9. The monoisotopic (exact) mass is 283 g/mol. The van der Waals surface area contributed by atoms with Crippen LogP contribution in [0.4, 0.5) is 0 Å². The first-order chi connectivity index (χ1) is 10.2. The summed E-state index contributed by atoms with van der Waals surface area (Å²) in [5.74, 6) is 1.70. The second-order valence-corrected chi connectivity index (χ2v) is 6.26. The second-order valence-electron chi connectivity index (χ2n) is 6.26. The molecule has 3 rings (SSSR count). The maximum absolute atomic E-state index is 6.00. The Kier molecular flexibility index (Phi) is 4.11. The van der Waals surface area contributed by atoms with Gasteiger partial charge in [-0.1, -0.05) is 31.2 Å². The number of nitrogens with zero attached hydrogens (tertiary/aromatic N) is 1. The minimum absolute atomic E-state index is 0.387. The lowest BCUT2D eigenvalue weighted by molar-refractivity contribution is 0.386. The minimum atomic E-state index is 0.387. The number of aromatic amines is 1. The van der Waals surface area contributed by atoms with Gasteiger partial charge in [0, 0.05) is 23.2 Å². The van der Waals surface area contributed by atoms with E-state index in [4.69, 9.17) is 10.7 Å². The Bertz CT molecular complexity index is 589. The molecule has 1 heterocycles. The summed E-state index contributed by atoms with van der Waals surface area (Å²) in [6.07, 6.45) is 5.62. The van der Waals surface area contributed by atoms with Gasteiger partial charge in [0.15, 0.2) is 0 Å². The Labute approximate surface area is 127 Å². The van der Waals surface area contributed by atoms with E-state index in [2.05, 4.69) is 43.1 Å². The molecule has 2 aromatic rings. The standard InChI is InChI=1S/C18H25N3/c1-3-13-4-6-14(7-5-13)17-12(2)20-18(21-17)15-8-10-16(19)11-9-15/h4-7,15-16H,3,8-11,19H2,1-2H3,(H,20,21). The van der Waals surface area contributed by atoms with Gasteiger partial charge in [0.1, 0.15) is 5.82 Å². The zero-order valence-electron chi connectivity index (χ0n) is 13.0. The molecule has 0 radical (unpaired) electrons. The highest BCUT2D eigenvalue weighted by Gasteiger charge is 2.23. The van der Waals surface area contributed by atoms with Crippen LogP contribution in [0, 0.1) is 6.92 Å². The Morgan fingerprint density at radius 3 is 2.43 bits per heavy atom. The SMILES string of the molecule is CCc1ccc(-c2nc(C3CCC(N)CC3)[nH]c2C)cc1. The van der Waals surface area contributed by atoms with Crippen LogP contribution in [0.25, 0.3) is 11.3 Å². The molecule has 1 aromatic heterocycles. The van der Waals surface area contributed by atoms with Crippen LogP contribution in [-0.4, -0.2) is 16.0 Å². The van der Waals surface area contributed by atoms with Crippen molar-refractivity contribution in [3.63, 3.8) is 0 Å². The fourth-order valence-corrected chi connectivity index (χ4v) is 3.25. The molecule has 1 aromatic carbocycles. The Morgan fingerprint density at radius 1 is 1.14 bits per heavy atom. The molecule has 0 amide bonds. The zero-order valence-corrected chi connectivity index (χ0v) is 13.0. The predicted octanol–water partition coefficient (Wildman–Crippen LogP) is 3.93. The molecular weight excluding hydrogens is 258 g/mol. The molecule has 21 heavy (non-hydrogen) atoms. The molecule has 3 N–H and O–H groups in total. The van der Waals surface area contributed by atoms with Gasteiger partial charge in [0.2, 0.25) is 0 Å². The molecule has 0 atom stereocenters. The summed E-state index contributed by atoms with van der Waals surface area (Å²) in [6.45, 7) is 4.30. The summed E-state index contributed by atoms with van der Waals surface area (Å²) >= 11 is 0. The van der Waals surface area contributed by atoms with Gasteiger partial charge in [-0.15, -0.1) is 0 Å². The van der Waals surface area contributed by atoms with Crippen LogP contribution < -0.4 is 5.73 Å². The van der Waals surface area contributed by atoms with E-state index in [1.165, 1.54) is 16.8 Å². The molecule has 0 spiro atoms. The molecule has 112 valence electrons. The molecule has 1 fully saturated rings. The van der Waals surface area contributed by atoms with E-state index < -0.39 is 0 Å². The van der Waals surface area contributed by atoms with Crippen molar-refractivity contribution in [2.45, 2.75) is 57.9 Å². The predicted molar refractivity (Wildman–Crippen MR) is 87.3 cm³/mol. The number of imidazole rings is 1. The number of aromatic nitrogens is 2. The van der Waals surface area contributed by atoms with E-state index in [1.54, 1.807) is 0 Å². The third-order valence-electron chi connectivity index (χ3n) is 4.70. The van der Waals surface area contributed by atoms with Crippen LogP contribution in [0.3, 0.4) is 0 Å². The van der Waals surface area contributed by atoms with Crippen molar-refractivity contribution in [2.75, 3.05) is 0 Å². The Morgan fingerprint density at radius 2 is 1.81 bits per heavy atom. The molecule has 0 saturated heterocycles. The molecule has 1 saturated carbocycles. The molecule has 0 unspecified atom stereocenters. The van der Waals surface area contributed by atoms with Crippen LogP contribution in [0.5, 0.6) is 0 Å². The van der Waals surface area contributed by atoms with Crippen molar-refractivity contribution in [1.29, 1.82) is 0 Å². The number of benzene rings is 1. The number of hydrogen-bond donors (Lipinski definition) is 2. The van der Waals surface area contributed by atoms with E-state index >= 15 is 0 Å². The quantitative estimate of drug-likeness (QED) is 0.896. The molecular formula is C18H25N3. The smallest absolute Gasteiger partial charge is 0.110 e. The first-order valence-electron chi connectivity index (χ1n) is 8.08. The van der Waals surface area contributed by atoms with Crippen LogP contribution in [0.15, 0.2) is 24.3 Å². The number of H-pyrrole nitrogens is 1. The third-order valence-corrected chi connectivity index (χ3v) is 4.70. The highest BCUT2D eigenvalue weighted by Crippen LogP contribution is 2.33. The largest absolute Gasteiger partial charge is 0.345 e. The molecule has 0 aliphatic heterocycles. The van der Waals surface area contributed by atoms with E-state index in [0.29, 0.717) is 12.0 Å². The zero-order chi connectivity index (χ0) is 14.8. The summed E-state index contributed by atoms with van der Waals surface area (Å²) in [5, 5.41) is 0. The maximum atomic E-state index is 6.00. The first kappa shape index (κ1) is 14.3. The van der Waals surface area contributed by atoms with Crippen LogP contribution >= 0.6 is 0 Å². The van der Waals surface area contributed by atoms with Crippen molar-refractivity contribution < 1.29 is 0 Å². The van der Waals surface area contributed by atoms with Gasteiger partial charge in [-0.05, 0) is 44.6 Å². The van der Waals surface area contributed by atoms with Crippen LogP contribution in [-0.2, 0) is 6.42 Å². The minimum Gasteiger partial charge on any atom is -0.345 e. The lowest BCUT2D eigenvalue weighted by atomic mass is 9.86. The lowest BCUT2D eigenvalue weighted by Gasteiger charge is -2.24. The summed E-state index contributed by atoms with van der Waals surface area (Å²) in [4.78, 5) is 8.39. The Balaban J connectivity index is 1.83. The maximum Gasteiger partial charge on any atom is 0.110 e. The van der Waals surface area contributed by atoms with E-state index in [1.807, 2.05) is 0 Å². The number of rotatable bonds is 3. The van der Waals surface area contributed by atoms with Crippen molar-refractivity contribution >= 4 is 0 Å². The second kappa shape index (κ2) is 6.02. The summed E-state index contributed by atoms with van der Waals surface area (Å²) in [7, 11) is 0. The van der Waals surface area contributed by atoms with Crippen LogP contribution in [0.1, 0.15) is 55.6 Å². The van der Waals surface area contributed by atoms with Crippen molar-refractivity contribution in [3.05, 3.63) is 41.3 Å². The van der Waals surface area contributed by atoms with Gasteiger partial charge in [-0.3, -0.25) is 0 Å². The fraction of sp³-hybridized carbons (Fsp3) is 0.500. The highest BCUT2D eigenvalue weighted by molar-refractivity contribution is 5.62. The fourth-order valence-electron chi connectivity index (χ4n) is 3.25. The number of nitrogens with two attached hydrogens (primary N) is 1.